The van der Waals surface area contributed by atoms with E-state index in [-0.39, 0.29) is 63.9 Å². The van der Waals surface area contributed by atoms with Gasteiger partial charge in [-0.05, 0) is 132 Å². The van der Waals surface area contributed by atoms with Crippen molar-refractivity contribution in [1.29, 1.82) is 0 Å². The number of nitro groups is 1. The number of rotatable bonds is 11. The number of carbonyl (C=O) groups is 1. The Morgan fingerprint density at radius 1 is 1.04 bits per heavy atom. The number of carbonyl (C=O) groups excluding carboxylic acids is 1. The van der Waals surface area contributed by atoms with Crippen molar-refractivity contribution in [3.05, 3.63) is 106 Å². The maximum atomic E-state index is 14.7. The van der Waals surface area contributed by atoms with Gasteiger partial charge in [0.15, 0.2) is 11.4 Å². The Hall–Kier alpha value is -5.82. The lowest BCUT2D eigenvalue weighted by molar-refractivity contribution is -0.384. The first-order valence-electron chi connectivity index (χ1n) is 23.6. The van der Waals surface area contributed by atoms with Gasteiger partial charge < -0.3 is 34.9 Å². The van der Waals surface area contributed by atoms with Crippen LogP contribution in [0.1, 0.15) is 113 Å². The Morgan fingerprint density at radius 2 is 1.79 bits per heavy atom. The van der Waals surface area contributed by atoms with E-state index in [9.17, 15) is 37.9 Å². The number of benzene rings is 3. The molecule has 360 valence electrons. The number of hydrogen-bond acceptors (Lipinski definition) is 13. The molecular formula is C50H58FN7O9S. The van der Waals surface area contributed by atoms with Gasteiger partial charge in [0.2, 0.25) is 0 Å². The molecule has 2 atom stereocenters. The fourth-order valence-corrected chi connectivity index (χ4v) is 12.5. The molecule has 0 bridgehead atoms. The van der Waals surface area contributed by atoms with Crippen LogP contribution in [0.3, 0.4) is 0 Å². The molecule has 5 aliphatic rings. The number of aromatic amines is 1. The number of sulfonamides is 1. The molecule has 0 unspecified atom stereocenters. The first kappa shape index (κ1) is 45.9. The van der Waals surface area contributed by atoms with Crippen LogP contribution in [0.2, 0.25) is 0 Å². The summed E-state index contributed by atoms with van der Waals surface area (Å²) in [5.41, 5.74) is 1.13. The number of fused-ring (bicyclic) bond motifs is 2. The molecule has 2 saturated heterocycles. The van der Waals surface area contributed by atoms with E-state index in [0.29, 0.717) is 37.4 Å². The van der Waals surface area contributed by atoms with Crippen molar-refractivity contribution in [2.45, 2.75) is 119 Å². The number of halogens is 1. The van der Waals surface area contributed by atoms with Crippen LogP contribution in [-0.2, 0) is 15.6 Å². The van der Waals surface area contributed by atoms with Crippen LogP contribution < -0.4 is 24.4 Å². The number of aliphatic hydroxyl groups is 2. The summed E-state index contributed by atoms with van der Waals surface area (Å²) in [7, 11) is -4.73. The topological polar surface area (TPSA) is 212 Å². The van der Waals surface area contributed by atoms with Crippen molar-refractivity contribution < 1.29 is 42.2 Å². The van der Waals surface area contributed by atoms with E-state index < -0.39 is 48.5 Å². The Balaban J connectivity index is 0.862. The van der Waals surface area contributed by atoms with Crippen LogP contribution in [0.15, 0.2) is 78.0 Å². The van der Waals surface area contributed by atoms with Gasteiger partial charge in [-0.15, -0.1) is 0 Å². The third-order valence-corrected chi connectivity index (χ3v) is 16.7. The number of nitrogens with zero attached hydrogens (tertiary/aromatic N) is 4. The van der Waals surface area contributed by atoms with Crippen LogP contribution in [0, 0.1) is 27.3 Å². The minimum atomic E-state index is -4.73. The number of ether oxygens (including phenoxy) is 2. The third kappa shape index (κ3) is 8.87. The first-order chi connectivity index (χ1) is 32.4. The largest absolute Gasteiger partial charge is 0.489 e. The molecule has 1 amide bonds. The standard InChI is InChI=1S/C50H58FN7O9S/c1-48(2,60)38-8-5-4-7-35(38)41-9-6-18-57(41)32-25-50(26-32)16-19-56(20-17-50)31-10-11-36(43(21-31)67-33-22-37-39(51)28-53-46(37)52-27-33)47(59)55-68(64,65)34-23-42(58(62)63)45-44(24-34)66-29-40(54-45)30-12-14-49(3,61)15-13-30/h4-5,7-8,10-11,21-24,27-28,30,32,40-41,54,60-61H,6,9,12-20,25-26,29H2,1-3H3,(H,52,53)(H,55,59)/t30-,40-,41+,49-/m1/s1. The Kier molecular flexibility index (Phi) is 11.7. The van der Waals surface area contributed by atoms with Gasteiger partial charge >= 0.3 is 0 Å². The number of amides is 1. The molecule has 1 spiro atoms. The van der Waals surface area contributed by atoms with E-state index in [0.717, 1.165) is 81.5 Å². The molecule has 18 heteroatoms. The summed E-state index contributed by atoms with van der Waals surface area (Å²) in [6, 6.07) is 17.1. The molecular weight excluding hydrogens is 894 g/mol. The van der Waals surface area contributed by atoms with E-state index in [1.165, 1.54) is 30.1 Å². The van der Waals surface area contributed by atoms with Crippen molar-refractivity contribution in [1.82, 2.24) is 19.6 Å². The predicted molar refractivity (Wildman–Crippen MR) is 253 cm³/mol. The number of nitro benzene ring substituents is 1. The first-order valence-corrected chi connectivity index (χ1v) is 25.1. The Labute approximate surface area is 394 Å². The van der Waals surface area contributed by atoms with Crippen LogP contribution >= 0.6 is 0 Å². The van der Waals surface area contributed by atoms with Gasteiger partial charge in [-0.2, -0.15) is 0 Å². The normalized spacial score (nSPS) is 24.2. The third-order valence-electron chi connectivity index (χ3n) is 15.4. The highest BCUT2D eigenvalue weighted by Crippen LogP contribution is 2.54. The highest BCUT2D eigenvalue weighted by atomic mass is 32.2. The second kappa shape index (κ2) is 17.3. The molecule has 5 N–H and O–H groups in total. The van der Waals surface area contributed by atoms with E-state index in [1.807, 2.05) is 26.0 Å². The minimum absolute atomic E-state index is 0.00178. The maximum absolute atomic E-state index is 14.7. The van der Waals surface area contributed by atoms with Crippen LogP contribution in [0.4, 0.5) is 21.5 Å². The summed E-state index contributed by atoms with van der Waals surface area (Å²) in [4.78, 5) is 37.1. The lowest BCUT2D eigenvalue weighted by atomic mass is 9.59. The highest BCUT2D eigenvalue weighted by Gasteiger charge is 2.50. The average molecular weight is 952 g/mol. The SMILES string of the molecule is CC(C)(O)c1ccccc1[C@@H]1CCCN1C1CC2(CCN(c3ccc(C(=O)NS(=O)(=O)c4cc5c(c([N+](=O)[O-])c4)N[C@@H]([C@H]4CC[C@](C)(O)CC4)CO5)c(Oc4cnc5[nH]cc(F)c5c4)c3)CC2)C1. The molecule has 2 aliphatic carbocycles. The summed E-state index contributed by atoms with van der Waals surface area (Å²) in [5.74, 6) is -1.44. The van der Waals surface area contributed by atoms with Gasteiger partial charge in [0.1, 0.15) is 29.6 Å². The lowest BCUT2D eigenvalue weighted by Gasteiger charge is -2.56. The van der Waals surface area contributed by atoms with Crippen molar-refractivity contribution >= 4 is 44.0 Å². The molecule has 10 rings (SSSR count). The number of likely N-dealkylation sites (tertiary alicyclic amines) is 1. The zero-order valence-corrected chi connectivity index (χ0v) is 39.3. The molecule has 4 fully saturated rings. The van der Waals surface area contributed by atoms with E-state index >= 15 is 0 Å². The lowest BCUT2D eigenvalue weighted by Crippen LogP contribution is -2.55. The van der Waals surface area contributed by atoms with Crippen molar-refractivity contribution in [2.75, 3.05) is 36.5 Å². The Bertz CT molecular complexity index is 2880. The molecule has 16 nitrogen and oxygen atoms in total. The molecule has 3 aromatic carbocycles. The number of anilines is 2. The number of aromatic nitrogens is 2. The van der Waals surface area contributed by atoms with E-state index in [4.69, 9.17) is 9.47 Å². The van der Waals surface area contributed by atoms with Crippen LogP contribution in [0.25, 0.3) is 11.0 Å². The summed E-state index contributed by atoms with van der Waals surface area (Å²) in [6.45, 7) is 8.15. The second-order valence-electron chi connectivity index (χ2n) is 20.5. The van der Waals surface area contributed by atoms with Crippen molar-refractivity contribution in [2.24, 2.45) is 11.3 Å². The van der Waals surface area contributed by atoms with E-state index in [1.54, 1.807) is 19.1 Å². The van der Waals surface area contributed by atoms with Gasteiger partial charge in [0.25, 0.3) is 21.6 Å². The number of pyridine rings is 1. The summed E-state index contributed by atoms with van der Waals surface area (Å²) in [5, 5.41) is 37.2. The number of piperidine rings is 1. The summed E-state index contributed by atoms with van der Waals surface area (Å²) < 4.78 is 56.9. The van der Waals surface area contributed by atoms with Gasteiger partial charge in [-0.25, -0.2) is 22.5 Å². The molecule has 2 aromatic heterocycles. The number of hydrogen-bond donors (Lipinski definition) is 5. The van der Waals surface area contributed by atoms with Crippen LogP contribution in [0.5, 0.6) is 17.2 Å². The smallest absolute Gasteiger partial charge is 0.297 e. The fourth-order valence-electron chi connectivity index (χ4n) is 11.5. The monoisotopic (exact) mass is 951 g/mol. The summed E-state index contributed by atoms with van der Waals surface area (Å²) >= 11 is 0. The molecule has 68 heavy (non-hydrogen) atoms. The highest BCUT2D eigenvalue weighted by molar-refractivity contribution is 7.90. The quantitative estimate of drug-likeness (QED) is 0.0622. The van der Waals surface area contributed by atoms with Crippen molar-refractivity contribution in [3.8, 4) is 17.2 Å². The van der Waals surface area contributed by atoms with Crippen molar-refractivity contribution in [3.63, 3.8) is 0 Å². The predicted octanol–water partition coefficient (Wildman–Crippen LogP) is 8.45. The van der Waals surface area contributed by atoms with E-state index in [2.05, 4.69) is 41.9 Å². The van der Waals surface area contributed by atoms with Gasteiger partial charge in [0, 0.05) is 55.3 Å². The maximum Gasteiger partial charge on any atom is 0.297 e. The molecule has 2 saturated carbocycles. The van der Waals surface area contributed by atoms with Gasteiger partial charge in [-0.3, -0.25) is 19.8 Å². The van der Waals surface area contributed by atoms with Gasteiger partial charge in [-0.1, -0.05) is 24.3 Å². The number of H-pyrrole nitrogens is 1. The zero-order valence-electron chi connectivity index (χ0n) is 38.5. The molecule has 3 aliphatic heterocycles. The average Bonchev–Trinajstić information content (AvgIpc) is 3.93. The second-order valence-corrected chi connectivity index (χ2v) is 22.2. The molecule has 0 radical (unpaired) electrons. The zero-order chi connectivity index (χ0) is 47.8. The summed E-state index contributed by atoms with van der Waals surface area (Å²) in [6.07, 6.45) is 11.4. The Morgan fingerprint density at radius 3 is 2.53 bits per heavy atom. The molecule has 5 aromatic rings. The number of nitrogens with one attached hydrogen (secondary N) is 3. The minimum Gasteiger partial charge on any atom is -0.489 e. The van der Waals surface area contributed by atoms with Gasteiger partial charge in [0.05, 0.1) is 44.2 Å². The van der Waals surface area contributed by atoms with Crippen LogP contribution in [-0.4, -0.2) is 88.3 Å². The fraction of sp³-hybridized carbons (Fsp3) is 0.480. The molecule has 5 heterocycles.